The highest BCUT2D eigenvalue weighted by molar-refractivity contribution is 5.93. The van der Waals surface area contributed by atoms with Crippen molar-refractivity contribution in [2.75, 3.05) is 13.7 Å². The number of amides is 1. The molecule has 0 aliphatic heterocycles. The van der Waals surface area contributed by atoms with Gasteiger partial charge in [-0.1, -0.05) is 23.8 Å². The molecule has 0 saturated carbocycles. The summed E-state index contributed by atoms with van der Waals surface area (Å²) in [5, 5.41) is 10.0. The van der Waals surface area contributed by atoms with Crippen LogP contribution in [0.5, 0.6) is 0 Å². The van der Waals surface area contributed by atoms with Crippen LogP contribution in [-0.2, 0) is 17.9 Å². The van der Waals surface area contributed by atoms with Crippen molar-refractivity contribution in [1.82, 2.24) is 25.1 Å². The summed E-state index contributed by atoms with van der Waals surface area (Å²) in [6.07, 6.45) is 1.81. The number of nitrogens with one attached hydrogen (secondary N) is 2. The third kappa shape index (κ3) is 4.25. The first-order chi connectivity index (χ1) is 13.0. The Hall–Kier alpha value is -2.93. The molecule has 3 aromatic rings. The predicted molar refractivity (Wildman–Crippen MR) is 104 cm³/mol. The van der Waals surface area contributed by atoms with E-state index < -0.39 is 0 Å². The molecule has 0 aliphatic carbocycles. The maximum atomic E-state index is 12.4. The van der Waals surface area contributed by atoms with Gasteiger partial charge in [-0.25, -0.2) is 4.98 Å². The van der Waals surface area contributed by atoms with E-state index in [2.05, 4.69) is 33.5 Å². The van der Waals surface area contributed by atoms with Crippen LogP contribution in [-0.4, -0.2) is 39.3 Å². The normalized spacial score (nSPS) is 11.0. The van der Waals surface area contributed by atoms with Crippen molar-refractivity contribution in [3.05, 3.63) is 58.8 Å². The largest absolute Gasteiger partial charge is 0.377 e. The van der Waals surface area contributed by atoms with E-state index in [9.17, 15) is 4.79 Å². The van der Waals surface area contributed by atoms with E-state index in [-0.39, 0.29) is 5.91 Å². The Balaban J connectivity index is 1.63. The van der Waals surface area contributed by atoms with Crippen molar-refractivity contribution in [3.63, 3.8) is 0 Å². The van der Waals surface area contributed by atoms with E-state index in [0.29, 0.717) is 25.4 Å². The van der Waals surface area contributed by atoms with Gasteiger partial charge in [0.2, 0.25) is 0 Å². The Labute approximate surface area is 158 Å². The molecule has 3 rings (SSSR count). The van der Waals surface area contributed by atoms with E-state index in [1.165, 1.54) is 5.56 Å². The number of nitrogens with zero attached hydrogens (tertiary/aromatic N) is 3. The van der Waals surface area contributed by atoms with Crippen molar-refractivity contribution in [2.24, 2.45) is 0 Å². The monoisotopic (exact) mass is 367 g/mol. The van der Waals surface area contributed by atoms with E-state index in [1.807, 2.05) is 30.5 Å². The first-order valence-corrected chi connectivity index (χ1v) is 8.90. The average molecular weight is 367 g/mol. The average Bonchev–Trinajstić information content (AvgIpc) is 3.24. The van der Waals surface area contributed by atoms with Gasteiger partial charge in [0, 0.05) is 37.7 Å². The number of aromatic amines is 1. The molecule has 7 heteroatoms. The number of H-pyrrole nitrogens is 1. The minimum absolute atomic E-state index is 0.176. The summed E-state index contributed by atoms with van der Waals surface area (Å²) in [6, 6.07) is 7.96. The van der Waals surface area contributed by atoms with Gasteiger partial charge in [0.25, 0.3) is 5.91 Å². The van der Waals surface area contributed by atoms with E-state index in [0.717, 1.165) is 28.3 Å². The molecule has 1 amide bonds. The van der Waals surface area contributed by atoms with Crippen molar-refractivity contribution >= 4 is 5.91 Å². The van der Waals surface area contributed by atoms with Gasteiger partial charge in [-0.05, 0) is 32.4 Å². The van der Waals surface area contributed by atoms with Crippen molar-refractivity contribution in [3.8, 4) is 11.3 Å². The van der Waals surface area contributed by atoms with Crippen molar-refractivity contribution in [1.29, 1.82) is 0 Å². The molecule has 0 fully saturated rings. The number of methoxy groups -OCH3 is 1. The molecule has 0 radical (unpaired) electrons. The van der Waals surface area contributed by atoms with Crippen LogP contribution in [0.25, 0.3) is 11.3 Å². The number of ether oxygens (including phenoxy) is 1. The van der Waals surface area contributed by atoms with Crippen molar-refractivity contribution in [2.45, 2.75) is 33.9 Å². The molecule has 0 bridgehead atoms. The van der Waals surface area contributed by atoms with Crippen LogP contribution in [0.2, 0.25) is 0 Å². The first kappa shape index (κ1) is 18.8. The SMILES string of the molecule is COCc1ncc(C)n1CCNC(=O)c1cc(-c2ccc(C)cc2C)n[nH]1. The topological polar surface area (TPSA) is 84.8 Å². The second-order valence-electron chi connectivity index (χ2n) is 6.64. The summed E-state index contributed by atoms with van der Waals surface area (Å²) >= 11 is 0. The van der Waals surface area contributed by atoms with Crippen LogP contribution in [0.1, 0.15) is 33.1 Å². The summed E-state index contributed by atoms with van der Waals surface area (Å²) in [6.45, 7) is 7.65. The highest BCUT2D eigenvalue weighted by Crippen LogP contribution is 2.22. The number of hydrogen-bond acceptors (Lipinski definition) is 4. The molecule has 0 saturated heterocycles. The summed E-state index contributed by atoms with van der Waals surface area (Å²) in [4.78, 5) is 16.7. The van der Waals surface area contributed by atoms with Gasteiger partial charge >= 0.3 is 0 Å². The Morgan fingerprint density at radius 1 is 1.26 bits per heavy atom. The summed E-state index contributed by atoms with van der Waals surface area (Å²) in [7, 11) is 1.64. The van der Waals surface area contributed by atoms with Crippen LogP contribution in [0, 0.1) is 20.8 Å². The number of benzene rings is 1. The van der Waals surface area contributed by atoms with Crippen molar-refractivity contribution < 1.29 is 9.53 Å². The number of aromatic nitrogens is 4. The Kier molecular flexibility index (Phi) is 5.71. The first-order valence-electron chi connectivity index (χ1n) is 8.90. The van der Waals surface area contributed by atoms with E-state index in [1.54, 1.807) is 19.4 Å². The lowest BCUT2D eigenvalue weighted by Gasteiger charge is -2.10. The van der Waals surface area contributed by atoms with Gasteiger partial charge in [-0.2, -0.15) is 5.10 Å². The molecule has 7 nitrogen and oxygen atoms in total. The molecular formula is C20H25N5O2. The van der Waals surface area contributed by atoms with Crippen LogP contribution in [0.4, 0.5) is 0 Å². The molecule has 2 aromatic heterocycles. The standard InChI is InChI=1S/C20H25N5O2/c1-13-5-6-16(14(2)9-13)17-10-18(24-23-17)20(26)21-7-8-25-15(3)11-22-19(25)12-27-4/h5-6,9-11H,7-8,12H2,1-4H3,(H,21,26)(H,23,24). The van der Waals surface area contributed by atoms with Gasteiger partial charge in [0.15, 0.2) is 0 Å². The number of carbonyl (C=O) groups excluding carboxylic acids is 1. The predicted octanol–water partition coefficient (Wildman–Crippen LogP) is 2.77. The Morgan fingerprint density at radius 3 is 2.81 bits per heavy atom. The second-order valence-corrected chi connectivity index (χ2v) is 6.64. The third-order valence-corrected chi connectivity index (χ3v) is 4.51. The lowest BCUT2D eigenvalue weighted by atomic mass is 10.0. The number of aryl methyl sites for hydroxylation is 3. The molecule has 27 heavy (non-hydrogen) atoms. The molecule has 0 spiro atoms. The second kappa shape index (κ2) is 8.18. The molecule has 2 heterocycles. The van der Waals surface area contributed by atoms with E-state index >= 15 is 0 Å². The highest BCUT2D eigenvalue weighted by atomic mass is 16.5. The minimum atomic E-state index is -0.176. The maximum absolute atomic E-state index is 12.4. The quantitative estimate of drug-likeness (QED) is 0.672. The lowest BCUT2D eigenvalue weighted by Crippen LogP contribution is -2.28. The Morgan fingerprint density at radius 2 is 2.07 bits per heavy atom. The minimum Gasteiger partial charge on any atom is -0.377 e. The summed E-state index contributed by atoms with van der Waals surface area (Å²) in [5.41, 5.74) is 5.61. The smallest absolute Gasteiger partial charge is 0.269 e. The van der Waals surface area contributed by atoms with Gasteiger partial charge in [-0.15, -0.1) is 0 Å². The maximum Gasteiger partial charge on any atom is 0.269 e. The highest BCUT2D eigenvalue weighted by Gasteiger charge is 2.13. The van der Waals surface area contributed by atoms with Gasteiger partial charge in [-0.3, -0.25) is 9.89 Å². The molecule has 0 aliphatic rings. The fourth-order valence-electron chi connectivity index (χ4n) is 3.11. The van der Waals surface area contributed by atoms with Crippen LogP contribution < -0.4 is 5.32 Å². The van der Waals surface area contributed by atoms with Crippen LogP contribution in [0.15, 0.2) is 30.5 Å². The zero-order valence-electron chi connectivity index (χ0n) is 16.2. The molecule has 1 aromatic carbocycles. The zero-order valence-corrected chi connectivity index (χ0v) is 16.2. The van der Waals surface area contributed by atoms with Crippen LogP contribution >= 0.6 is 0 Å². The number of hydrogen-bond donors (Lipinski definition) is 2. The number of carbonyl (C=O) groups is 1. The molecule has 142 valence electrons. The fourth-order valence-corrected chi connectivity index (χ4v) is 3.11. The number of imidazole rings is 1. The number of rotatable bonds is 7. The van der Waals surface area contributed by atoms with Gasteiger partial charge < -0.3 is 14.6 Å². The van der Waals surface area contributed by atoms with E-state index in [4.69, 9.17) is 4.74 Å². The molecule has 0 unspecified atom stereocenters. The van der Waals surface area contributed by atoms with Gasteiger partial charge in [0.05, 0.1) is 5.69 Å². The molecule has 2 N–H and O–H groups in total. The molecule has 0 atom stereocenters. The summed E-state index contributed by atoms with van der Waals surface area (Å²) in [5.74, 6) is 0.674. The zero-order chi connectivity index (χ0) is 19.4. The summed E-state index contributed by atoms with van der Waals surface area (Å²) < 4.78 is 7.20. The third-order valence-electron chi connectivity index (χ3n) is 4.51. The van der Waals surface area contributed by atoms with Crippen LogP contribution in [0.3, 0.4) is 0 Å². The lowest BCUT2D eigenvalue weighted by molar-refractivity contribution is 0.0946. The fraction of sp³-hybridized carbons (Fsp3) is 0.350. The van der Waals surface area contributed by atoms with Gasteiger partial charge in [0.1, 0.15) is 18.1 Å². The Bertz CT molecular complexity index is 942. The molecular weight excluding hydrogens is 342 g/mol.